The van der Waals surface area contributed by atoms with Gasteiger partial charge in [0.25, 0.3) is 0 Å². The van der Waals surface area contributed by atoms with Gasteiger partial charge in [-0.3, -0.25) is 0 Å². The maximum Gasteiger partial charge on any atom is 0.336 e. The molecule has 0 radical (unpaired) electrons. The van der Waals surface area contributed by atoms with Gasteiger partial charge in [-0.05, 0) is 37.1 Å². The molecular weight excluding hydrogens is 310 g/mol. The second-order valence-corrected chi connectivity index (χ2v) is 6.31. The van der Waals surface area contributed by atoms with Crippen molar-refractivity contribution in [3.63, 3.8) is 0 Å². The highest BCUT2D eigenvalue weighted by Gasteiger charge is 2.42. The van der Waals surface area contributed by atoms with Crippen molar-refractivity contribution in [2.75, 3.05) is 13.1 Å². The molecule has 23 heavy (non-hydrogen) atoms. The number of rotatable bonds is 4. The molecule has 1 aliphatic rings. The van der Waals surface area contributed by atoms with Crippen LogP contribution in [0.1, 0.15) is 24.0 Å². The first kappa shape index (κ1) is 16.0. The largest absolute Gasteiger partial charge is 0.460 e. The zero-order chi connectivity index (χ0) is 16.1. The third-order valence-corrected chi connectivity index (χ3v) is 4.78. The van der Waals surface area contributed by atoms with E-state index in [1.54, 1.807) is 0 Å². The second-order valence-electron chi connectivity index (χ2n) is 5.75. The normalized spacial score (nSPS) is 16.0. The molecule has 3 nitrogen and oxygen atoms in total. The number of carbonyl (C=O) groups excluding carboxylic acids is 1. The van der Waals surface area contributed by atoms with Crippen LogP contribution in [0.2, 0.25) is 0 Å². The van der Waals surface area contributed by atoms with E-state index in [-0.39, 0.29) is 6.10 Å². The first-order chi connectivity index (χ1) is 11.2. The molecule has 0 amide bonds. The van der Waals surface area contributed by atoms with Crippen molar-refractivity contribution in [2.45, 2.75) is 23.8 Å². The van der Waals surface area contributed by atoms with E-state index in [0.717, 1.165) is 37.1 Å². The van der Waals surface area contributed by atoms with Crippen LogP contribution in [0.15, 0.2) is 60.7 Å². The molecule has 3 rings (SSSR count). The van der Waals surface area contributed by atoms with Crippen LogP contribution < -0.4 is 5.32 Å². The van der Waals surface area contributed by atoms with Crippen LogP contribution in [-0.4, -0.2) is 25.2 Å². The summed E-state index contributed by atoms with van der Waals surface area (Å²) in [7, 11) is 0. The minimum absolute atomic E-state index is 0.0747. The van der Waals surface area contributed by atoms with Crippen molar-refractivity contribution in [1.82, 2.24) is 5.32 Å². The first-order valence-electron chi connectivity index (χ1n) is 7.93. The minimum atomic E-state index is -1.31. The smallest absolute Gasteiger partial charge is 0.336 e. The van der Waals surface area contributed by atoms with Crippen LogP contribution >= 0.6 is 11.6 Å². The number of benzene rings is 2. The lowest BCUT2D eigenvalue weighted by Gasteiger charge is -2.30. The Hall–Kier alpha value is -1.84. The van der Waals surface area contributed by atoms with Gasteiger partial charge in [-0.1, -0.05) is 72.3 Å². The van der Waals surface area contributed by atoms with Crippen LogP contribution in [0.25, 0.3) is 0 Å². The highest BCUT2D eigenvalue weighted by atomic mass is 35.5. The van der Waals surface area contributed by atoms with Gasteiger partial charge in [0.05, 0.1) is 0 Å². The average Bonchev–Trinajstić information content (AvgIpc) is 2.63. The van der Waals surface area contributed by atoms with Gasteiger partial charge >= 0.3 is 5.97 Å². The van der Waals surface area contributed by atoms with E-state index in [2.05, 4.69) is 5.32 Å². The number of hydrogen-bond acceptors (Lipinski definition) is 3. The van der Waals surface area contributed by atoms with Gasteiger partial charge in [0.15, 0.2) is 4.87 Å². The van der Waals surface area contributed by atoms with Crippen LogP contribution in [0, 0.1) is 0 Å². The molecule has 0 saturated carbocycles. The molecule has 120 valence electrons. The van der Waals surface area contributed by atoms with E-state index < -0.39 is 10.8 Å². The van der Waals surface area contributed by atoms with E-state index in [1.165, 1.54) is 0 Å². The molecule has 1 aliphatic heterocycles. The van der Waals surface area contributed by atoms with Crippen molar-refractivity contribution < 1.29 is 9.53 Å². The fourth-order valence-electron chi connectivity index (χ4n) is 2.88. The number of piperidine rings is 1. The maximum absolute atomic E-state index is 13.0. The van der Waals surface area contributed by atoms with Crippen LogP contribution in [0.3, 0.4) is 0 Å². The molecule has 0 aromatic heterocycles. The Morgan fingerprint density at radius 2 is 1.43 bits per heavy atom. The zero-order valence-electron chi connectivity index (χ0n) is 12.9. The summed E-state index contributed by atoms with van der Waals surface area (Å²) in [5.74, 6) is -0.400. The van der Waals surface area contributed by atoms with Gasteiger partial charge in [0.1, 0.15) is 6.10 Å². The Morgan fingerprint density at radius 1 is 0.957 bits per heavy atom. The third kappa shape index (κ3) is 3.41. The summed E-state index contributed by atoms with van der Waals surface area (Å²) in [5, 5.41) is 3.27. The fraction of sp³-hybridized carbons (Fsp3) is 0.316. The lowest BCUT2D eigenvalue weighted by molar-refractivity contribution is -0.152. The molecule has 2 aromatic rings. The van der Waals surface area contributed by atoms with Gasteiger partial charge < -0.3 is 10.1 Å². The van der Waals surface area contributed by atoms with Crippen LogP contribution in [0.5, 0.6) is 0 Å². The first-order valence-corrected chi connectivity index (χ1v) is 8.31. The summed E-state index contributed by atoms with van der Waals surface area (Å²) < 4.78 is 5.75. The van der Waals surface area contributed by atoms with Crippen LogP contribution in [0.4, 0.5) is 0 Å². The highest BCUT2D eigenvalue weighted by Crippen LogP contribution is 2.38. The number of nitrogens with one attached hydrogen (secondary N) is 1. The molecule has 1 fully saturated rings. The Labute approximate surface area is 141 Å². The fourth-order valence-corrected chi connectivity index (χ4v) is 3.18. The number of carbonyl (C=O) groups is 1. The van der Waals surface area contributed by atoms with Gasteiger partial charge in [0.2, 0.25) is 0 Å². The molecule has 1 heterocycles. The molecular formula is C19H20ClNO2. The quantitative estimate of drug-likeness (QED) is 0.689. The van der Waals surface area contributed by atoms with E-state index in [9.17, 15) is 4.79 Å². The van der Waals surface area contributed by atoms with Gasteiger partial charge in [-0.2, -0.15) is 0 Å². The summed E-state index contributed by atoms with van der Waals surface area (Å²) in [6.45, 7) is 1.73. The number of hydrogen-bond donors (Lipinski definition) is 1. The molecule has 4 heteroatoms. The number of esters is 1. The summed E-state index contributed by atoms with van der Waals surface area (Å²) in [6.07, 6.45) is 1.57. The maximum atomic E-state index is 13.0. The summed E-state index contributed by atoms with van der Waals surface area (Å²) >= 11 is 6.87. The second kappa shape index (κ2) is 7.16. The van der Waals surface area contributed by atoms with Crippen molar-refractivity contribution in [3.05, 3.63) is 71.8 Å². The molecule has 0 spiro atoms. The topological polar surface area (TPSA) is 38.3 Å². The van der Waals surface area contributed by atoms with Crippen LogP contribution in [-0.2, 0) is 14.4 Å². The zero-order valence-corrected chi connectivity index (χ0v) is 13.6. The molecule has 2 aromatic carbocycles. The minimum Gasteiger partial charge on any atom is -0.460 e. The SMILES string of the molecule is O=C(OC1CCNCC1)C(Cl)(c1ccccc1)c1ccccc1. The predicted molar refractivity (Wildman–Crippen MR) is 91.5 cm³/mol. The van der Waals surface area contributed by atoms with Gasteiger partial charge in [-0.25, -0.2) is 4.79 Å². The molecule has 0 bridgehead atoms. The van der Waals surface area contributed by atoms with Gasteiger partial charge in [-0.15, -0.1) is 0 Å². The lowest BCUT2D eigenvalue weighted by Crippen LogP contribution is -2.39. The van der Waals surface area contributed by atoms with Crippen molar-refractivity contribution >= 4 is 17.6 Å². The summed E-state index contributed by atoms with van der Waals surface area (Å²) in [5.41, 5.74) is 1.46. The molecule has 0 atom stereocenters. The highest BCUT2D eigenvalue weighted by molar-refractivity contribution is 6.36. The Kier molecular flexibility index (Phi) is 4.99. The molecule has 1 N–H and O–H groups in total. The third-order valence-electron chi connectivity index (χ3n) is 4.18. The number of ether oxygens (including phenoxy) is 1. The lowest BCUT2D eigenvalue weighted by atomic mass is 9.90. The standard InChI is InChI=1S/C19H20ClNO2/c20-19(15-7-3-1-4-8-15,16-9-5-2-6-10-16)18(22)23-17-11-13-21-14-12-17/h1-10,17,21H,11-14H2. The van der Waals surface area contributed by atoms with E-state index >= 15 is 0 Å². The van der Waals surface area contributed by atoms with E-state index in [0.29, 0.717) is 0 Å². The number of alkyl halides is 1. The summed E-state index contributed by atoms with van der Waals surface area (Å²) in [4.78, 5) is 11.6. The van der Waals surface area contributed by atoms with Crippen molar-refractivity contribution in [3.8, 4) is 0 Å². The van der Waals surface area contributed by atoms with Crippen molar-refractivity contribution in [2.24, 2.45) is 0 Å². The molecule has 0 unspecified atom stereocenters. The Bertz CT molecular complexity index is 599. The van der Waals surface area contributed by atoms with Crippen molar-refractivity contribution in [1.29, 1.82) is 0 Å². The predicted octanol–water partition coefficient (Wildman–Crippen LogP) is 3.46. The van der Waals surface area contributed by atoms with E-state index in [1.807, 2.05) is 60.7 Å². The Morgan fingerprint density at radius 3 is 1.91 bits per heavy atom. The molecule has 0 aliphatic carbocycles. The average molecular weight is 330 g/mol. The summed E-state index contributed by atoms with van der Waals surface area (Å²) in [6, 6.07) is 18.8. The van der Waals surface area contributed by atoms with Gasteiger partial charge in [0, 0.05) is 0 Å². The molecule has 1 saturated heterocycles. The van der Waals surface area contributed by atoms with E-state index in [4.69, 9.17) is 16.3 Å². The number of halogens is 1. The monoisotopic (exact) mass is 329 g/mol. The Balaban J connectivity index is 1.93.